The standard InChI is InChI=1S/C25H31N/c1-3-4-5-6-21-11-16-25(17-19(21)2)24-14-12-23(13-15-24)22-9-7-20(18-26)8-10-22/h7-10,12-15,19,21,25H,3-6,11,16-17H2,1-2H3. The van der Waals surface area contributed by atoms with Crippen LogP contribution < -0.4 is 0 Å². The fourth-order valence-corrected chi connectivity index (χ4v) is 4.53. The summed E-state index contributed by atoms with van der Waals surface area (Å²) in [5.41, 5.74) is 4.64. The fourth-order valence-electron chi connectivity index (χ4n) is 4.53. The Morgan fingerprint density at radius 3 is 2.15 bits per heavy atom. The summed E-state index contributed by atoms with van der Waals surface area (Å²) in [5.74, 6) is 2.52. The van der Waals surface area contributed by atoms with Crippen LogP contribution >= 0.6 is 0 Å². The van der Waals surface area contributed by atoms with Gasteiger partial charge in [0.05, 0.1) is 11.6 Å². The normalized spacial score (nSPS) is 22.7. The highest BCUT2D eigenvalue weighted by molar-refractivity contribution is 5.64. The summed E-state index contributed by atoms with van der Waals surface area (Å²) in [4.78, 5) is 0. The van der Waals surface area contributed by atoms with Crippen LogP contribution in [0.1, 0.15) is 75.8 Å². The molecule has 2 aromatic rings. The third-order valence-corrected chi connectivity index (χ3v) is 6.25. The van der Waals surface area contributed by atoms with Gasteiger partial charge in [-0.25, -0.2) is 0 Å². The van der Waals surface area contributed by atoms with E-state index in [0.717, 1.165) is 23.3 Å². The van der Waals surface area contributed by atoms with Gasteiger partial charge < -0.3 is 0 Å². The molecule has 0 saturated heterocycles. The molecule has 1 aliphatic carbocycles. The predicted octanol–water partition coefficient (Wildman–Crippen LogP) is 7.33. The summed E-state index contributed by atoms with van der Waals surface area (Å²) in [6, 6.07) is 19.2. The lowest BCUT2D eigenvalue weighted by molar-refractivity contribution is 0.215. The highest BCUT2D eigenvalue weighted by Gasteiger charge is 2.27. The Morgan fingerprint density at radius 2 is 1.58 bits per heavy atom. The molecule has 136 valence electrons. The zero-order chi connectivity index (χ0) is 18.4. The van der Waals surface area contributed by atoms with Crippen molar-refractivity contribution in [2.24, 2.45) is 11.8 Å². The lowest BCUT2D eigenvalue weighted by Gasteiger charge is -2.34. The Hall–Kier alpha value is -2.07. The van der Waals surface area contributed by atoms with Crippen LogP contribution in [0.3, 0.4) is 0 Å². The minimum absolute atomic E-state index is 0.718. The molecule has 3 atom stereocenters. The van der Waals surface area contributed by atoms with Gasteiger partial charge in [0, 0.05) is 0 Å². The molecule has 0 heterocycles. The van der Waals surface area contributed by atoms with Gasteiger partial charge in [-0.1, -0.05) is 75.9 Å². The molecule has 1 heteroatoms. The lowest BCUT2D eigenvalue weighted by atomic mass is 9.71. The molecule has 0 N–H and O–H groups in total. The molecular weight excluding hydrogens is 314 g/mol. The van der Waals surface area contributed by atoms with Gasteiger partial charge in [0.25, 0.3) is 0 Å². The highest BCUT2D eigenvalue weighted by atomic mass is 14.3. The quantitative estimate of drug-likeness (QED) is 0.503. The van der Waals surface area contributed by atoms with Crippen molar-refractivity contribution in [2.75, 3.05) is 0 Å². The molecule has 0 amide bonds. The number of nitrogens with zero attached hydrogens (tertiary/aromatic N) is 1. The average molecular weight is 346 g/mol. The van der Waals surface area contributed by atoms with Crippen molar-refractivity contribution in [3.63, 3.8) is 0 Å². The van der Waals surface area contributed by atoms with E-state index in [2.05, 4.69) is 44.2 Å². The predicted molar refractivity (Wildman–Crippen MR) is 110 cm³/mol. The molecule has 0 spiro atoms. The third kappa shape index (κ3) is 4.55. The minimum atomic E-state index is 0.718. The second-order valence-corrected chi connectivity index (χ2v) is 8.05. The maximum absolute atomic E-state index is 8.93. The molecule has 0 aliphatic heterocycles. The van der Waals surface area contributed by atoms with E-state index in [1.54, 1.807) is 0 Å². The third-order valence-electron chi connectivity index (χ3n) is 6.25. The Balaban J connectivity index is 1.61. The van der Waals surface area contributed by atoms with Crippen molar-refractivity contribution >= 4 is 0 Å². The Bertz CT molecular complexity index is 720. The summed E-state index contributed by atoms with van der Waals surface area (Å²) in [7, 11) is 0. The van der Waals surface area contributed by atoms with Crippen molar-refractivity contribution in [1.82, 2.24) is 0 Å². The van der Waals surface area contributed by atoms with Gasteiger partial charge >= 0.3 is 0 Å². The van der Waals surface area contributed by atoms with Crippen LogP contribution in [0, 0.1) is 23.2 Å². The summed E-state index contributed by atoms with van der Waals surface area (Å²) >= 11 is 0. The number of nitriles is 1. The summed E-state index contributed by atoms with van der Waals surface area (Å²) in [6.45, 7) is 4.76. The van der Waals surface area contributed by atoms with Gasteiger partial charge in [-0.05, 0) is 65.8 Å². The first-order valence-electron chi connectivity index (χ1n) is 10.3. The van der Waals surface area contributed by atoms with Crippen LogP contribution in [0.2, 0.25) is 0 Å². The number of benzene rings is 2. The zero-order valence-corrected chi connectivity index (χ0v) is 16.2. The molecule has 1 fully saturated rings. The monoisotopic (exact) mass is 345 g/mol. The Kier molecular flexibility index (Phi) is 6.51. The molecule has 0 aromatic heterocycles. The van der Waals surface area contributed by atoms with Crippen molar-refractivity contribution in [1.29, 1.82) is 5.26 Å². The van der Waals surface area contributed by atoms with E-state index in [-0.39, 0.29) is 0 Å². The first-order chi connectivity index (χ1) is 12.7. The first-order valence-corrected chi connectivity index (χ1v) is 10.3. The number of hydrogen-bond donors (Lipinski definition) is 0. The maximum atomic E-state index is 8.93. The Morgan fingerprint density at radius 1 is 0.923 bits per heavy atom. The van der Waals surface area contributed by atoms with E-state index in [1.807, 2.05) is 24.3 Å². The topological polar surface area (TPSA) is 23.8 Å². The largest absolute Gasteiger partial charge is 0.192 e. The van der Waals surface area contributed by atoms with Gasteiger partial charge in [0.15, 0.2) is 0 Å². The molecule has 3 unspecified atom stereocenters. The second-order valence-electron chi connectivity index (χ2n) is 8.05. The summed E-state index contributed by atoms with van der Waals surface area (Å²) in [6.07, 6.45) is 9.64. The van der Waals surface area contributed by atoms with Gasteiger partial charge in [-0.15, -0.1) is 0 Å². The van der Waals surface area contributed by atoms with Crippen molar-refractivity contribution in [3.05, 3.63) is 59.7 Å². The lowest BCUT2D eigenvalue weighted by Crippen LogP contribution is -2.21. The SMILES string of the molecule is CCCCCC1CCC(c2ccc(-c3ccc(C#N)cc3)cc2)CC1C. The van der Waals surface area contributed by atoms with Gasteiger partial charge in [-0.3, -0.25) is 0 Å². The second kappa shape index (κ2) is 9.04. The van der Waals surface area contributed by atoms with Crippen molar-refractivity contribution < 1.29 is 0 Å². The van der Waals surface area contributed by atoms with E-state index >= 15 is 0 Å². The van der Waals surface area contributed by atoms with Crippen molar-refractivity contribution in [2.45, 2.75) is 64.7 Å². The molecule has 0 bridgehead atoms. The molecular formula is C25H31N. The zero-order valence-electron chi connectivity index (χ0n) is 16.2. The number of unbranched alkanes of at least 4 members (excludes halogenated alkanes) is 2. The van der Waals surface area contributed by atoms with Crippen LogP contribution in [0.5, 0.6) is 0 Å². The molecule has 1 saturated carbocycles. The first kappa shape index (κ1) is 18.7. The smallest absolute Gasteiger partial charge is 0.0991 e. The fraction of sp³-hybridized carbons (Fsp3) is 0.480. The molecule has 1 aliphatic rings. The van der Waals surface area contributed by atoms with E-state index < -0.39 is 0 Å². The summed E-state index contributed by atoms with van der Waals surface area (Å²) < 4.78 is 0. The molecule has 26 heavy (non-hydrogen) atoms. The van der Waals surface area contributed by atoms with Crippen molar-refractivity contribution in [3.8, 4) is 17.2 Å². The van der Waals surface area contributed by atoms with E-state index in [0.29, 0.717) is 0 Å². The van der Waals surface area contributed by atoms with Gasteiger partial charge in [0.1, 0.15) is 0 Å². The molecule has 3 rings (SSSR count). The Labute approximate surface area is 159 Å². The average Bonchev–Trinajstić information content (AvgIpc) is 2.69. The molecule has 2 aromatic carbocycles. The van der Waals surface area contributed by atoms with Crippen LogP contribution in [-0.4, -0.2) is 0 Å². The molecule has 1 nitrogen and oxygen atoms in total. The van der Waals surface area contributed by atoms with Crippen LogP contribution in [0.4, 0.5) is 0 Å². The van der Waals surface area contributed by atoms with E-state index in [1.165, 1.54) is 61.6 Å². The van der Waals surface area contributed by atoms with Gasteiger partial charge in [0.2, 0.25) is 0 Å². The van der Waals surface area contributed by atoms with Crippen LogP contribution in [-0.2, 0) is 0 Å². The number of hydrogen-bond acceptors (Lipinski definition) is 1. The summed E-state index contributed by atoms with van der Waals surface area (Å²) in [5, 5.41) is 8.93. The van der Waals surface area contributed by atoms with Gasteiger partial charge in [-0.2, -0.15) is 5.26 Å². The highest BCUT2D eigenvalue weighted by Crippen LogP contribution is 2.41. The minimum Gasteiger partial charge on any atom is -0.192 e. The van der Waals surface area contributed by atoms with Crippen LogP contribution in [0.25, 0.3) is 11.1 Å². The van der Waals surface area contributed by atoms with E-state index in [9.17, 15) is 0 Å². The number of rotatable bonds is 6. The van der Waals surface area contributed by atoms with E-state index in [4.69, 9.17) is 5.26 Å². The molecule has 0 radical (unpaired) electrons. The maximum Gasteiger partial charge on any atom is 0.0991 e. The van der Waals surface area contributed by atoms with Crippen LogP contribution in [0.15, 0.2) is 48.5 Å².